The van der Waals surface area contributed by atoms with Gasteiger partial charge in [0, 0.05) is 22.6 Å². The summed E-state index contributed by atoms with van der Waals surface area (Å²) in [5.41, 5.74) is 3.71. The molecule has 3 nitrogen and oxygen atoms in total. The fourth-order valence-corrected chi connectivity index (χ4v) is 3.90. The topological polar surface area (TPSA) is 42.9 Å². The molecule has 2 atom stereocenters. The molecule has 3 aromatic rings. The number of nitrogens with zero attached hydrogens (tertiary/aromatic N) is 2. The van der Waals surface area contributed by atoms with Gasteiger partial charge in [0.05, 0.1) is 0 Å². The van der Waals surface area contributed by atoms with Gasteiger partial charge >= 0.3 is 0 Å². The smallest absolute Gasteiger partial charge is 0.166 e. The van der Waals surface area contributed by atoms with E-state index in [2.05, 4.69) is 23.0 Å². The first-order chi connectivity index (χ1) is 12.1. The van der Waals surface area contributed by atoms with Gasteiger partial charge in [-0.05, 0) is 55.0 Å². The Hall–Kier alpha value is -2.26. The van der Waals surface area contributed by atoms with Crippen LogP contribution in [0.25, 0.3) is 11.0 Å². The Morgan fingerprint density at radius 3 is 2.76 bits per heavy atom. The van der Waals surface area contributed by atoms with Crippen LogP contribution in [0.4, 0.5) is 0 Å². The highest BCUT2D eigenvalue weighted by molar-refractivity contribution is 6.29. The van der Waals surface area contributed by atoms with E-state index in [9.17, 15) is 4.79 Å². The summed E-state index contributed by atoms with van der Waals surface area (Å²) in [5.74, 6) is 0.759. The zero-order chi connectivity index (χ0) is 17.4. The molecule has 2 unspecified atom stereocenters. The lowest BCUT2D eigenvalue weighted by Gasteiger charge is -2.28. The van der Waals surface area contributed by atoms with E-state index in [1.54, 1.807) is 6.07 Å². The van der Waals surface area contributed by atoms with Gasteiger partial charge in [0.1, 0.15) is 5.15 Å². The Kier molecular flexibility index (Phi) is 4.26. The molecular formula is C21H19ClN2O. The van der Waals surface area contributed by atoms with Gasteiger partial charge in [0.25, 0.3) is 0 Å². The first-order valence-electron chi connectivity index (χ1n) is 8.67. The van der Waals surface area contributed by atoms with E-state index >= 15 is 0 Å². The molecule has 1 aromatic carbocycles. The maximum absolute atomic E-state index is 12.8. The van der Waals surface area contributed by atoms with Crippen LogP contribution in [0.3, 0.4) is 0 Å². The summed E-state index contributed by atoms with van der Waals surface area (Å²) in [7, 11) is 0. The van der Waals surface area contributed by atoms with Crippen molar-refractivity contribution in [3.8, 4) is 0 Å². The molecule has 1 aliphatic carbocycles. The summed E-state index contributed by atoms with van der Waals surface area (Å²) in [5, 5.41) is 1.43. The Morgan fingerprint density at radius 1 is 1.08 bits per heavy atom. The molecule has 0 aliphatic heterocycles. The van der Waals surface area contributed by atoms with Gasteiger partial charge in [-0.25, -0.2) is 9.97 Å². The van der Waals surface area contributed by atoms with Crippen molar-refractivity contribution in [3.05, 3.63) is 70.5 Å². The number of rotatable bonds is 3. The number of benzene rings is 1. The van der Waals surface area contributed by atoms with Gasteiger partial charge in [-0.3, -0.25) is 4.79 Å². The van der Waals surface area contributed by atoms with Crippen LogP contribution in [0, 0.1) is 5.92 Å². The van der Waals surface area contributed by atoms with Crippen molar-refractivity contribution >= 4 is 28.4 Å². The van der Waals surface area contributed by atoms with Crippen LogP contribution in [-0.2, 0) is 6.42 Å². The van der Waals surface area contributed by atoms with E-state index in [0.29, 0.717) is 16.7 Å². The summed E-state index contributed by atoms with van der Waals surface area (Å²) in [6.07, 6.45) is 2.50. The number of hydrogen-bond acceptors (Lipinski definition) is 3. The van der Waals surface area contributed by atoms with Crippen LogP contribution >= 0.6 is 11.6 Å². The molecule has 4 rings (SSSR count). The number of hydrogen-bond donors (Lipinski definition) is 0. The van der Waals surface area contributed by atoms with E-state index < -0.39 is 0 Å². The molecule has 4 heteroatoms. The van der Waals surface area contributed by atoms with Crippen molar-refractivity contribution in [2.75, 3.05) is 0 Å². The lowest BCUT2D eigenvalue weighted by molar-refractivity contribution is 0.0886. The number of ketones is 1. The number of pyridine rings is 2. The van der Waals surface area contributed by atoms with E-state index in [0.717, 1.165) is 35.9 Å². The highest BCUT2D eigenvalue weighted by Crippen LogP contribution is 2.36. The second-order valence-electron chi connectivity index (χ2n) is 6.81. The number of Topliss-reactive ketones (excluding diaryl/α,β-unsaturated/α-hetero) is 1. The molecule has 0 N–H and O–H groups in total. The van der Waals surface area contributed by atoms with Gasteiger partial charge in [-0.1, -0.05) is 42.8 Å². The molecule has 0 saturated heterocycles. The number of carbonyl (C=O) groups is 1. The molecule has 0 saturated carbocycles. The second kappa shape index (κ2) is 6.57. The van der Waals surface area contributed by atoms with Crippen LogP contribution in [-0.4, -0.2) is 15.8 Å². The Bertz CT molecular complexity index is 954. The minimum atomic E-state index is 0.0646. The molecule has 1 aliphatic rings. The molecule has 0 amide bonds. The van der Waals surface area contributed by atoms with Crippen molar-refractivity contribution in [2.24, 2.45) is 5.92 Å². The fourth-order valence-electron chi connectivity index (χ4n) is 3.76. The minimum absolute atomic E-state index is 0.0646. The van der Waals surface area contributed by atoms with E-state index in [4.69, 9.17) is 11.6 Å². The predicted octanol–water partition coefficient (Wildman–Crippen LogP) is 5.22. The monoisotopic (exact) mass is 350 g/mol. The standard InChI is InChI=1S/C21H19ClN2O/c1-13-12-15(20(25)18-5-3-2-4-17(13)18)7-10-16-9-6-14-8-11-19(22)24-21(14)23-16/h2-6,8-9,11,13,15H,7,10,12H2,1H3. The van der Waals surface area contributed by atoms with Gasteiger partial charge < -0.3 is 0 Å². The molecule has 0 fully saturated rings. The SMILES string of the molecule is CC1CC(CCc2ccc3ccc(Cl)nc3n2)C(=O)c2ccccc21. The summed E-state index contributed by atoms with van der Waals surface area (Å²) in [4.78, 5) is 21.7. The molecule has 126 valence electrons. The fraction of sp³-hybridized carbons (Fsp3) is 0.286. The van der Waals surface area contributed by atoms with Crippen molar-refractivity contribution in [3.63, 3.8) is 0 Å². The highest BCUT2D eigenvalue weighted by atomic mass is 35.5. The van der Waals surface area contributed by atoms with Gasteiger partial charge in [-0.2, -0.15) is 0 Å². The molecule has 2 heterocycles. The van der Waals surface area contributed by atoms with Crippen LogP contribution in [0.1, 0.15) is 47.3 Å². The second-order valence-corrected chi connectivity index (χ2v) is 7.19. The number of fused-ring (bicyclic) bond motifs is 2. The van der Waals surface area contributed by atoms with Crippen LogP contribution in [0.5, 0.6) is 0 Å². The number of aromatic nitrogens is 2. The zero-order valence-electron chi connectivity index (χ0n) is 14.1. The molecule has 25 heavy (non-hydrogen) atoms. The average molecular weight is 351 g/mol. The zero-order valence-corrected chi connectivity index (χ0v) is 14.8. The first-order valence-corrected chi connectivity index (χ1v) is 9.05. The maximum Gasteiger partial charge on any atom is 0.166 e. The first kappa shape index (κ1) is 16.2. The number of halogens is 1. The van der Waals surface area contributed by atoms with Gasteiger partial charge in [0.2, 0.25) is 0 Å². The van der Waals surface area contributed by atoms with E-state index in [-0.39, 0.29) is 11.7 Å². The van der Waals surface area contributed by atoms with E-state index in [1.165, 1.54) is 5.56 Å². The third-order valence-corrected chi connectivity index (χ3v) is 5.30. The molecule has 0 bridgehead atoms. The summed E-state index contributed by atoms with van der Waals surface area (Å²) in [6.45, 7) is 2.21. The largest absolute Gasteiger partial charge is 0.294 e. The van der Waals surface area contributed by atoms with E-state index in [1.807, 2.05) is 36.4 Å². The van der Waals surface area contributed by atoms with Crippen molar-refractivity contribution in [2.45, 2.75) is 32.1 Å². The van der Waals surface area contributed by atoms with Crippen LogP contribution in [0.15, 0.2) is 48.5 Å². The lowest BCUT2D eigenvalue weighted by Crippen LogP contribution is -2.25. The van der Waals surface area contributed by atoms with Gasteiger partial charge in [0.15, 0.2) is 11.4 Å². The van der Waals surface area contributed by atoms with Crippen molar-refractivity contribution in [1.29, 1.82) is 0 Å². The number of aryl methyl sites for hydroxylation is 1. The quantitative estimate of drug-likeness (QED) is 0.608. The summed E-state index contributed by atoms with van der Waals surface area (Å²) in [6, 6.07) is 15.7. The van der Waals surface area contributed by atoms with Crippen LogP contribution in [0.2, 0.25) is 5.15 Å². The third kappa shape index (κ3) is 3.16. The maximum atomic E-state index is 12.8. The predicted molar refractivity (Wildman–Crippen MR) is 100 cm³/mol. The molecular weight excluding hydrogens is 332 g/mol. The molecule has 0 radical (unpaired) electrons. The van der Waals surface area contributed by atoms with Crippen molar-refractivity contribution in [1.82, 2.24) is 9.97 Å². The minimum Gasteiger partial charge on any atom is -0.294 e. The summed E-state index contributed by atoms with van der Waals surface area (Å²) < 4.78 is 0. The highest BCUT2D eigenvalue weighted by Gasteiger charge is 2.30. The Labute approximate surface area is 152 Å². The van der Waals surface area contributed by atoms with Crippen LogP contribution < -0.4 is 0 Å². The Morgan fingerprint density at radius 2 is 1.88 bits per heavy atom. The number of carbonyl (C=O) groups excluding carboxylic acids is 1. The van der Waals surface area contributed by atoms with Crippen molar-refractivity contribution < 1.29 is 4.79 Å². The Balaban J connectivity index is 1.53. The summed E-state index contributed by atoms with van der Waals surface area (Å²) >= 11 is 5.96. The molecule has 2 aromatic heterocycles. The average Bonchev–Trinajstić information content (AvgIpc) is 2.63. The normalized spacial score (nSPS) is 19.8. The third-order valence-electron chi connectivity index (χ3n) is 5.09. The lowest BCUT2D eigenvalue weighted by atomic mass is 9.75. The van der Waals surface area contributed by atoms with Gasteiger partial charge in [-0.15, -0.1) is 0 Å². The molecule has 0 spiro atoms.